The summed E-state index contributed by atoms with van der Waals surface area (Å²) in [6.45, 7) is 3.13. The first-order valence-corrected chi connectivity index (χ1v) is 8.97. The fourth-order valence-electron chi connectivity index (χ4n) is 3.59. The second kappa shape index (κ2) is 7.22. The normalized spacial score (nSPS) is 14.6. The fourth-order valence-corrected chi connectivity index (χ4v) is 3.59. The Balaban J connectivity index is 1.53. The van der Waals surface area contributed by atoms with Crippen molar-refractivity contribution in [3.05, 3.63) is 60.3 Å². The summed E-state index contributed by atoms with van der Waals surface area (Å²) in [5, 5.41) is 4.23. The first-order chi connectivity index (χ1) is 12.7. The van der Waals surface area contributed by atoms with Gasteiger partial charge in [-0.3, -0.25) is 4.79 Å². The van der Waals surface area contributed by atoms with Gasteiger partial charge in [0.2, 0.25) is 5.91 Å². The Kier molecular flexibility index (Phi) is 4.63. The maximum Gasteiger partial charge on any atom is 0.228 e. The van der Waals surface area contributed by atoms with Crippen LogP contribution in [-0.2, 0) is 23.0 Å². The third-order valence-electron chi connectivity index (χ3n) is 4.86. The van der Waals surface area contributed by atoms with Crippen molar-refractivity contribution in [1.29, 1.82) is 0 Å². The minimum atomic E-state index is 0.00191. The lowest BCUT2D eigenvalue weighted by molar-refractivity contribution is -0.115. The summed E-state index contributed by atoms with van der Waals surface area (Å²) in [4.78, 5) is 15.0. The van der Waals surface area contributed by atoms with E-state index < -0.39 is 0 Å². The van der Waals surface area contributed by atoms with Gasteiger partial charge in [0, 0.05) is 37.2 Å². The Morgan fingerprint density at radius 1 is 1.08 bits per heavy atom. The smallest absolute Gasteiger partial charge is 0.228 e. The van der Waals surface area contributed by atoms with Crippen molar-refractivity contribution in [2.45, 2.75) is 6.42 Å². The summed E-state index contributed by atoms with van der Waals surface area (Å²) in [6, 6.07) is 16.2. The molecule has 0 unspecified atom stereocenters. The van der Waals surface area contributed by atoms with Crippen molar-refractivity contribution in [2.75, 3.05) is 36.5 Å². The number of aryl methyl sites for hydroxylation is 1. The monoisotopic (exact) mass is 349 g/mol. The molecule has 1 aromatic heterocycles. The average Bonchev–Trinajstić information content (AvgIpc) is 2.99. The minimum Gasteiger partial charge on any atom is -0.378 e. The standard InChI is InChI=1S/C21H23N3O2/c1-23-15-16(17-6-2-4-8-19(17)23)14-21(25)22-18-7-3-5-9-20(18)24-10-12-26-13-11-24/h2-9,15H,10-14H2,1H3,(H,22,25). The Hall–Kier alpha value is -2.79. The van der Waals surface area contributed by atoms with E-state index in [0.29, 0.717) is 6.42 Å². The van der Waals surface area contributed by atoms with Crippen LogP contribution >= 0.6 is 0 Å². The molecule has 0 atom stereocenters. The SMILES string of the molecule is Cn1cc(CC(=O)Nc2ccccc2N2CCOCC2)c2ccccc21. The summed E-state index contributed by atoms with van der Waals surface area (Å²) in [7, 11) is 2.01. The van der Waals surface area contributed by atoms with Gasteiger partial charge in [-0.05, 0) is 23.8 Å². The number of hydrogen-bond donors (Lipinski definition) is 1. The molecule has 1 N–H and O–H groups in total. The molecular formula is C21H23N3O2. The number of morpholine rings is 1. The fraction of sp³-hybridized carbons (Fsp3) is 0.286. The molecule has 3 aromatic rings. The lowest BCUT2D eigenvalue weighted by Crippen LogP contribution is -2.36. The predicted molar refractivity (Wildman–Crippen MR) is 105 cm³/mol. The van der Waals surface area contributed by atoms with Gasteiger partial charge in [-0.25, -0.2) is 0 Å². The van der Waals surface area contributed by atoms with E-state index in [1.54, 1.807) is 0 Å². The number of nitrogens with one attached hydrogen (secondary N) is 1. The van der Waals surface area contributed by atoms with Crippen molar-refractivity contribution in [3.8, 4) is 0 Å². The van der Waals surface area contributed by atoms with Crippen molar-refractivity contribution >= 4 is 28.2 Å². The summed E-state index contributed by atoms with van der Waals surface area (Å²) >= 11 is 0. The molecular weight excluding hydrogens is 326 g/mol. The number of nitrogens with zero attached hydrogens (tertiary/aromatic N) is 2. The number of benzene rings is 2. The molecule has 0 saturated carbocycles. The number of para-hydroxylation sites is 3. The number of carbonyl (C=O) groups is 1. The molecule has 0 aliphatic carbocycles. The molecule has 1 amide bonds. The molecule has 134 valence electrons. The van der Waals surface area contributed by atoms with Gasteiger partial charge in [0.1, 0.15) is 0 Å². The van der Waals surface area contributed by atoms with Crippen LogP contribution in [0.25, 0.3) is 10.9 Å². The van der Waals surface area contributed by atoms with E-state index in [0.717, 1.165) is 54.1 Å². The van der Waals surface area contributed by atoms with Gasteiger partial charge in [-0.2, -0.15) is 0 Å². The molecule has 26 heavy (non-hydrogen) atoms. The van der Waals surface area contributed by atoms with Crippen LogP contribution in [0.4, 0.5) is 11.4 Å². The van der Waals surface area contributed by atoms with Crippen LogP contribution in [0.1, 0.15) is 5.56 Å². The molecule has 5 nitrogen and oxygen atoms in total. The number of amides is 1. The number of fused-ring (bicyclic) bond motifs is 1. The van der Waals surface area contributed by atoms with Crippen molar-refractivity contribution in [1.82, 2.24) is 4.57 Å². The maximum absolute atomic E-state index is 12.7. The van der Waals surface area contributed by atoms with E-state index in [4.69, 9.17) is 4.74 Å². The van der Waals surface area contributed by atoms with Crippen LogP contribution < -0.4 is 10.2 Å². The van der Waals surface area contributed by atoms with Gasteiger partial charge in [-0.1, -0.05) is 30.3 Å². The van der Waals surface area contributed by atoms with Crippen LogP contribution in [0.5, 0.6) is 0 Å². The van der Waals surface area contributed by atoms with Gasteiger partial charge in [0.25, 0.3) is 0 Å². The number of aromatic nitrogens is 1. The van der Waals surface area contributed by atoms with E-state index in [9.17, 15) is 4.79 Å². The highest BCUT2D eigenvalue weighted by molar-refractivity contribution is 5.98. The van der Waals surface area contributed by atoms with Gasteiger partial charge in [0.05, 0.1) is 31.0 Å². The van der Waals surface area contributed by atoms with Crippen LogP contribution in [0.2, 0.25) is 0 Å². The minimum absolute atomic E-state index is 0.00191. The van der Waals surface area contributed by atoms with Gasteiger partial charge < -0.3 is 19.5 Å². The number of anilines is 2. The van der Waals surface area contributed by atoms with Crippen LogP contribution in [0.15, 0.2) is 54.7 Å². The zero-order chi connectivity index (χ0) is 17.9. The molecule has 1 aliphatic heterocycles. The van der Waals surface area contributed by atoms with Crippen LogP contribution in [-0.4, -0.2) is 36.8 Å². The summed E-state index contributed by atoms with van der Waals surface area (Å²) in [5.41, 5.74) is 4.11. The number of hydrogen-bond acceptors (Lipinski definition) is 3. The average molecular weight is 349 g/mol. The zero-order valence-electron chi connectivity index (χ0n) is 14.9. The molecule has 4 rings (SSSR count). The van der Waals surface area contributed by atoms with Gasteiger partial charge in [0.15, 0.2) is 0 Å². The molecule has 0 radical (unpaired) electrons. The van der Waals surface area contributed by atoms with E-state index in [2.05, 4.69) is 33.0 Å². The quantitative estimate of drug-likeness (QED) is 0.787. The summed E-state index contributed by atoms with van der Waals surface area (Å²) in [5.74, 6) is 0.00191. The van der Waals surface area contributed by atoms with Crippen molar-refractivity contribution in [2.24, 2.45) is 7.05 Å². The number of carbonyl (C=O) groups excluding carboxylic acids is 1. The first kappa shape index (κ1) is 16.7. The number of ether oxygens (including phenoxy) is 1. The number of rotatable bonds is 4. The second-order valence-corrected chi connectivity index (χ2v) is 6.62. The summed E-state index contributed by atoms with van der Waals surface area (Å²) < 4.78 is 7.50. The van der Waals surface area contributed by atoms with Gasteiger partial charge in [-0.15, -0.1) is 0 Å². The van der Waals surface area contributed by atoms with E-state index in [1.807, 2.05) is 43.6 Å². The Labute approximate surface area is 153 Å². The molecule has 0 spiro atoms. The largest absolute Gasteiger partial charge is 0.378 e. The Morgan fingerprint density at radius 3 is 2.65 bits per heavy atom. The van der Waals surface area contributed by atoms with Gasteiger partial charge >= 0.3 is 0 Å². The van der Waals surface area contributed by atoms with Crippen LogP contribution in [0.3, 0.4) is 0 Å². The Morgan fingerprint density at radius 2 is 1.81 bits per heavy atom. The highest BCUT2D eigenvalue weighted by Crippen LogP contribution is 2.27. The lowest BCUT2D eigenvalue weighted by Gasteiger charge is -2.30. The summed E-state index contributed by atoms with van der Waals surface area (Å²) in [6.07, 6.45) is 2.40. The third-order valence-corrected chi connectivity index (χ3v) is 4.86. The molecule has 5 heteroatoms. The second-order valence-electron chi connectivity index (χ2n) is 6.62. The van der Waals surface area contributed by atoms with E-state index in [1.165, 1.54) is 0 Å². The Bertz CT molecular complexity index is 926. The molecule has 0 bridgehead atoms. The highest BCUT2D eigenvalue weighted by Gasteiger charge is 2.16. The zero-order valence-corrected chi connectivity index (χ0v) is 14.9. The van der Waals surface area contributed by atoms with E-state index >= 15 is 0 Å². The highest BCUT2D eigenvalue weighted by atomic mass is 16.5. The topological polar surface area (TPSA) is 46.5 Å². The van der Waals surface area contributed by atoms with Crippen LogP contribution in [0, 0.1) is 0 Å². The van der Waals surface area contributed by atoms with Crippen molar-refractivity contribution < 1.29 is 9.53 Å². The first-order valence-electron chi connectivity index (χ1n) is 8.97. The molecule has 2 aromatic carbocycles. The molecule has 2 heterocycles. The predicted octanol–water partition coefficient (Wildman–Crippen LogP) is 3.20. The van der Waals surface area contributed by atoms with Crippen molar-refractivity contribution in [3.63, 3.8) is 0 Å². The lowest BCUT2D eigenvalue weighted by atomic mass is 10.1. The molecule has 1 aliphatic rings. The molecule has 1 saturated heterocycles. The maximum atomic E-state index is 12.7. The third kappa shape index (κ3) is 3.30. The molecule has 1 fully saturated rings. The van der Waals surface area contributed by atoms with E-state index in [-0.39, 0.29) is 5.91 Å².